The SMILES string of the molecule is CCCC(C)C(=O)NCCc1ccc(C(=O)O)cc1. The molecule has 0 fully saturated rings. The predicted molar refractivity (Wildman–Crippen MR) is 74.2 cm³/mol. The topological polar surface area (TPSA) is 66.4 Å². The molecule has 0 heterocycles. The molecule has 4 nitrogen and oxygen atoms in total. The molecule has 4 heteroatoms. The van der Waals surface area contributed by atoms with Crippen LogP contribution in [0, 0.1) is 5.92 Å². The minimum atomic E-state index is -0.923. The van der Waals surface area contributed by atoms with Crippen molar-refractivity contribution in [3.63, 3.8) is 0 Å². The molecule has 1 aromatic carbocycles. The molecule has 0 saturated carbocycles. The molecule has 0 saturated heterocycles. The van der Waals surface area contributed by atoms with Gasteiger partial charge < -0.3 is 10.4 Å². The van der Waals surface area contributed by atoms with Gasteiger partial charge in [0, 0.05) is 12.5 Å². The van der Waals surface area contributed by atoms with E-state index in [1.54, 1.807) is 24.3 Å². The Bertz CT molecular complexity index is 426. The maximum absolute atomic E-state index is 11.7. The number of carboxylic acid groups (broad SMARTS) is 1. The first-order valence-electron chi connectivity index (χ1n) is 6.64. The number of carboxylic acids is 1. The molecule has 104 valence electrons. The highest BCUT2D eigenvalue weighted by molar-refractivity contribution is 5.87. The van der Waals surface area contributed by atoms with E-state index >= 15 is 0 Å². The summed E-state index contributed by atoms with van der Waals surface area (Å²) in [6, 6.07) is 6.73. The largest absolute Gasteiger partial charge is 0.478 e. The lowest BCUT2D eigenvalue weighted by molar-refractivity contribution is -0.124. The highest BCUT2D eigenvalue weighted by Crippen LogP contribution is 2.06. The molecule has 0 aliphatic heterocycles. The lowest BCUT2D eigenvalue weighted by atomic mass is 10.1. The van der Waals surface area contributed by atoms with Gasteiger partial charge >= 0.3 is 5.97 Å². The van der Waals surface area contributed by atoms with Gasteiger partial charge in [-0.25, -0.2) is 4.79 Å². The fraction of sp³-hybridized carbons (Fsp3) is 0.467. The third kappa shape index (κ3) is 5.12. The maximum Gasteiger partial charge on any atom is 0.335 e. The molecule has 0 radical (unpaired) electrons. The van der Waals surface area contributed by atoms with Gasteiger partial charge in [0.05, 0.1) is 5.56 Å². The molecular formula is C15H21NO3. The first-order chi connectivity index (χ1) is 9.04. The van der Waals surface area contributed by atoms with E-state index in [-0.39, 0.29) is 17.4 Å². The van der Waals surface area contributed by atoms with Gasteiger partial charge in [-0.05, 0) is 30.5 Å². The quantitative estimate of drug-likeness (QED) is 0.794. The summed E-state index contributed by atoms with van der Waals surface area (Å²) in [6.07, 6.45) is 2.62. The van der Waals surface area contributed by atoms with Gasteiger partial charge in [0.1, 0.15) is 0 Å². The molecule has 0 aromatic heterocycles. The average molecular weight is 263 g/mol. The summed E-state index contributed by atoms with van der Waals surface area (Å²) in [5, 5.41) is 11.7. The minimum absolute atomic E-state index is 0.0550. The molecule has 1 aromatic rings. The van der Waals surface area contributed by atoms with E-state index in [4.69, 9.17) is 5.11 Å². The Morgan fingerprint density at radius 2 is 1.89 bits per heavy atom. The van der Waals surface area contributed by atoms with E-state index in [1.165, 1.54) is 0 Å². The molecule has 0 spiro atoms. The number of nitrogens with one attached hydrogen (secondary N) is 1. The molecule has 0 bridgehead atoms. The monoisotopic (exact) mass is 263 g/mol. The Morgan fingerprint density at radius 1 is 1.26 bits per heavy atom. The van der Waals surface area contributed by atoms with E-state index in [1.807, 2.05) is 6.92 Å². The second-order valence-corrected chi connectivity index (χ2v) is 4.73. The van der Waals surface area contributed by atoms with Crippen LogP contribution in [0.2, 0.25) is 0 Å². The van der Waals surface area contributed by atoms with Gasteiger partial charge in [-0.1, -0.05) is 32.4 Å². The third-order valence-corrected chi connectivity index (χ3v) is 3.08. The zero-order chi connectivity index (χ0) is 14.3. The van der Waals surface area contributed by atoms with Crippen molar-refractivity contribution < 1.29 is 14.7 Å². The van der Waals surface area contributed by atoms with Gasteiger partial charge in [0.2, 0.25) is 5.91 Å². The predicted octanol–water partition coefficient (Wildman–Crippen LogP) is 2.48. The first kappa shape index (κ1) is 15.2. The first-order valence-corrected chi connectivity index (χ1v) is 6.64. The molecular weight excluding hydrogens is 242 g/mol. The zero-order valence-corrected chi connectivity index (χ0v) is 11.5. The number of rotatable bonds is 7. The van der Waals surface area contributed by atoms with Gasteiger partial charge in [-0.3, -0.25) is 4.79 Å². The number of benzene rings is 1. The number of amides is 1. The molecule has 19 heavy (non-hydrogen) atoms. The van der Waals surface area contributed by atoms with Crippen LogP contribution in [0.3, 0.4) is 0 Å². The van der Waals surface area contributed by atoms with Crippen LogP contribution in [-0.4, -0.2) is 23.5 Å². The Morgan fingerprint density at radius 3 is 2.42 bits per heavy atom. The highest BCUT2D eigenvalue weighted by atomic mass is 16.4. The van der Waals surface area contributed by atoms with Crippen molar-refractivity contribution in [1.29, 1.82) is 0 Å². The molecule has 1 amide bonds. The van der Waals surface area contributed by atoms with E-state index < -0.39 is 5.97 Å². The molecule has 0 aliphatic rings. The van der Waals surface area contributed by atoms with Crippen LogP contribution in [0.1, 0.15) is 42.6 Å². The molecule has 0 aliphatic carbocycles. The average Bonchev–Trinajstić information content (AvgIpc) is 2.39. The highest BCUT2D eigenvalue weighted by Gasteiger charge is 2.10. The smallest absolute Gasteiger partial charge is 0.335 e. The van der Waals surface area contributed by atoms with Crippen molar-refractivity contribution in [2.75, 3.05) is 6.54 Å². The Kier molecular flexibility index (Phi) is 6.06. The second-order valence-electron chi connectivity index (χ2n) is 4.73. The number of carbonyl (C=O) groups is 2. The summed E-state index contributed by atoms with van der Waals surface area (Å²) < 4.78 is 0. The lowest BCUT2D eigenvalue weighted by Crippen LogP contribution is -2.30. The second kappa shape index (κ2) is 7.56. The number of hydrogen-bond donors (Lipinski definition) is 2. The Hall–Kier alpha value is -1.84. The van der Waals surface area contributed by atoms with E-state index in [0.717, 1.165) is 18.4 Å². The van der Waals surface area contributed by atoms with Crippen molar-refractivity contribution in [3.8, 4) is 0 Å². The van der Waals surface area contributed by atoms with Crippen molar-refractivity contribution in [3.05, 3.63) is 35.4 Å². The lowest BCUT2D eigenvalue weighted by Gasteiger charge is -2.11. The van der Waals surface area contributed by atoms with E-state index in [9.17, 15) is 9.59 Å². The van der Waals surface area contributed by atoms with Crippen LogP contribution in [0.15, 0.2) is 24.3 Å². The van der Waals surface area contributed by atoms with Crippen LogP contribution in [0.5, 0.6) is 0 Å². The van der Waals surface area contributed by atoms with Crippen LogP contribution >= 0.6 is 0 Å². The number of aromatic carboxylic acids is 1. The summed E-state index contributed by atoms with van der Waals surface area (Å²) in [7, 11) is 0. The van der Waals surface area contributed by atoms with Crippen molar-refractivity contribution in [2.24, 2.45) is 5.92 Å². The minimum Gasteiger partial charge on any atom is -0.478 e. The van der Waals surface area contributed by atoms with Gasteiger partial charge in [-0.15, -0.1) is 0 Å². The van der Waals surface area contributed by atoms with Crippen LogP contribution in [0.25, 0.3) is 0 Å². The maximum atomic E-state index is 11.7. The Labute approximate surface area is 113 Å². The van der Waals surface area contributed by atoms with Crippen LogP contribution in [-0.2, 0) is 11.2 Å². The summed E-state index contributed by atoms with van der Waals surface area (Å²) in [5.41, 5.74) is 1.30. The molecule has 1 unspecified atom stereocenters. The van der Waals surface area contributed by atoms with E-state index in [0.29, 0.717) is 13.0 Å². The van der Waals surface area contributed by atoms with Crippen LogP contribution < -0.4 is 5.32 Å². The summed E-state index contributed by atoms with van der Waals surface area (Å²) in [6.45, 7) is 4.58. The zero-order valence-electron chi connectivity index (χ0n) is 11.5. The number of carbonyl (C=O) groups excluding carboxylic acids is 1. The Balaban J connectivity index is 2.37. The van der Waals surface area contributed by atoms with Crippen LogP contribution in [0.4, 0.5) is 0 Å². The molecule has 2 N–H and O–H groups in total. The van der Waals surface area contributed by atoms with E-state index in [2.05, 4.69) is 12.2 Å². The van der Waals surface area contributed by atoms with Crippen molar-refractivity contribution in [2.45, 2.75) is 33.1 Å². The van der Waals surface area contributed by atoms with Gasteiger partial charge in [0.25, 0.3) is 0 Å². The normalized spacial score (nSPS) is 11.9. The summed E-state index contributed by atoms with van der Waals surface area (Å²) in [5.74, 6) is -0.781. The standard InChI is InChI=1S/C15H21NO3/c1-3-4-11(2)14(17)16-10-9-12-5-7-13(8-6-12)15(18)19/h5-8,11H,3-4,9-10H2,1-2H3,(H,16,17)(H,18,19). The summed E-state index contributed by atoms with van der Waals surface area (Å²) >= 11 is 0. The van der Waals surface area contributed by atoms with Gasteiger partial charge in [-0.2, -0.15) is 0 Å². The van der Waals surface area contributed by atoms with Gasteiger partial charge in [0.15, 0.2) is 0 Å². The van der Waals surface area contributed by atoms with Crippen molar-refractivity contribution >= 4 is 11.9 Å². The summed E-state index contributed by atoms with van der Waals surface area (Å²) in [4.78, 5) is 22.4. The fourth-order valence-corrected chi connectivity index (χ4v) is 1.88. The molecule has 1 atom stereocenters. The fourth-order valence-electron chi connectivity index (χ4n) is 1.88. The molecule has 1 rings (SSSR count). The number of hydrogen-bond acceptors (Lipinski definition) is 2. The van der Waals surface area contributed by atoms with Crippen molar-refractivity contribution in [1.82, 2.24) is 5.32 Å². The third-order valence-electron chi connectivity index (χ3n) is 3.08.